The van der Waals surface area contributed by atoms with Crippen LogP contribution in [0.15, 0.2) is 24.3 Å². The molecule has 1 aromatic carbocycles. The van der Waals surface area contributed by atoms with E-state index in [4.69, 9.17) is 4.74 Å². The van der Waals surface area contributed by atoms with Gasteiger partial charge in [-0.25, -0.2) is 9.69 Å². The molecule has 4 nitrogen and oxygen atoms in total. The minimum atomic E-state index is -0.527. The average Bonchev–Trinajstić information content (AvgIpc) is 2.37. The number of ether oxygens (including phenoxy) is 1. The van der Waals surface area contributed by atoms with E-state index in [2.05, 4.69) is 0 Å². The first-order chi connectivity index (χ1) is 8.66. The summed E-state index contributed by atoms with van der Waals surface area (Å²) in [5, 5.41) is 0. The summed E-state index contributed by atoms with van der Waals surface area (Å²) < 4.78 is 5.16. The predicted molar refractivity (Wildman–Crippen MR) is 66.9 cm³/mol. The van der Waals surface area contributed by atoms with E-state index in [9.17, 15) is 9.59 Å². The third kappa shape index (κ3) is 3.09. The molecular formula is C14H17NO3. The Hall–Kier alpha value is -1.84. The number of hydrogen-bond acceptors (Lipinski definition) is 3. The maximum atomic E-state index is 11.7. The zero-order valence-electron chi connectivity index (χ0n) is 10.5. The molecule has 1 heterocycles. The van der Waals surface area contributed by atoms with Crippen molar-refractivity contribution >= 4 is 12.0 Å². The number of imide groups is 1. The van der Waals surface area contributed by atoms with E-state index in [1.54, 1.807) is 0 Å². The number of benzene rings is 1. The molecule has 0 spiro atoms. The fraction of sp³-hybridized carbons (Fsp3) is 0.429. The SMILES string of the molecule is Cc1cccc(COC(=O)N2CCCCC2=O)c1. The lowest BCUT2D eigenvalue weighted by atomic mass is 10.1. The first kappa shape index (κ1) is 12.6. The highest BCUT2D eigenvalue weighted by molar-refractivity contribution is 5.92. The monoisotopic (exact) mass is 247 g/mol. The van der Waals surface area contributed by atoms with Crippen molar-refractivity contribution < 1.29 is 14.3 Å². The number of piperidine rings is 1. The van der Waals surface area contributed by atoms with E-state index < -0.39 is 6.09 Å². The molecule has 1 aromatic rings. The molecule has 0 N–H and O–H groups in total. The number of amides is 2. The molecule has 0 atom stereocenters. The number of carbonyl (C=O) groups is 2. The molecule has 0 aromatic heterocycles. The Balaban J connectivity index is 1.90. The Morgan fingerprint density at radius 1 is 1.39 bits per heavy atom. The molecule has 0 bridgehead atoms. The van der Waals surface area contributed by atoms with Crippen LogP contribution in [0.3, 0.4) is 0 Å². The van der Waals surface area contributed by atoms with Crippen molar-refractivity contribution in [2.24, 2.45) is 0 Å². The summed E-state index contributed by atoms with van der Waals surface area (Å²) in [6.45, 7) is 2.68. The highest BCUT2D eigenvalue weighted by atomic mass is 16.6. The second kappa shape index (κ2) is 5.67. The minimum absolute atomic E-state index is 0.129. The van der Waals surface area contributed by atoms with E-state index in [1.807, 2.05) is 31.2 Å². The molecule has 2 rings (SSSR count). The molecule has 0 saturated carbocycles. The van der Waals surface area contributed by atoms with E-state index in [1.165, 1.54) is 4.90 Å². The van der Waals surface area contributed by atoms with Crippen LogP contribution in [0.25, 0.3) is 0 Å². The largest absolute Gasteiger partial charge is 0.444 e. The lowest BCUT2D eigenvalue weighted by Gasteiger charge is -2.23. The number of carbonyl (C=O) groups excluding carboxylic acids is 2. The number of nitrogens with zero attached hydrogens (tertiary/aromatic N) is 1. The highest BCUT2D eigenvalue weighted by Crippen LogP contribution is 2.13. The Morgan fingerprint density at radius 2 is 2.22 bits per heavy atom. The van der Waals surface area contributed by atoms with Gasteiger partial charge >= 0.3 is 6.09 Å². The van der Waals surface area contributed by atoms with Crippen molar-refractivity contribution in [2.45, 2.75) is 32.8 Å². The number of likely N-dealkylation sites (tertiary alicyclic amines) is 1. The third-order valence-corrected chi connectivity index (χ3v) is 2.99. The molecule has 4 heteroatoms. The van der Waals surface area contributed by atoms with Crippen LogP contribution in [0.2, 0.25) is 0 Å². The molecular weight excluding hydrogens is 230 g/mol. The first-order valence-electron chi connectivity index (χ1n) is 6.19. The number of rotatable bonds is 2. The molecule has 2 amide bonds. The lowest BCUT2D eigenvalue weighted by Crippen LogP contribution is -2.40. The molecule has 0 unspecified atom stereocenters. The average molecular weight is 247 g/mol. The maximum Gasteiger partial charge on any atom is 0.416 e. The van der Waals surface area contributed by atoms with Gasteiger partial charge in [0, 0.05) is 13.0 Å². The van der Waals surface area contributed by atoms with Gasteiger partial charge in [0.05, 0.1) is 0 Å². The molecule has 0 aliphatic carbocycles. The van der Waals surface area contributed by atoms with Crippen molar-refractivity contribution in [1.29, 1.82) is 0 Å². The van der Waals surface area contributed by atoms with Crippen molar-refractivity contribution in [2.75, 3.05) is 6.54 Å². The molecule has 1 aliphatic rings. The zero-order chi connectivity index (χ0) is 13.0. The second-order valence-electron chi connectivity index (χ2n) is 4.55. The van der Waals surface area contributed by atoms with Gasteiger partial charge in [-0.3, -0.25) is 4.79 Å². The van der Waals surface area contributed by atoms with Gasteiger partial charge in [0.25, 0.3) is 0 Å². The Labute approximate surface area is 107 Å². The van der Waals surface area contributed by atoms with Gasteiger partial charge in [-0.2, -0.15) is 0 Å². The Kier molecular flexibility index (Phi) is 3.97. The summed E-state index contributed by atoms with van der Waals surface area (Å²) in [5.74, 6) is -0.129. The normalized spacial score (nSPS) is 15.6. The topological polar surface area (TPSA) is 46.6 Å². The van der Waals surface area contributed by atoms with Crippen LogP contribution in [0.4, 0.5) is 4.79 Å². The minimum Gasteiger partial charge on any atom is -0.444 e. The summed E-state index contributed by atoms with van der Waals surface area (Å²) >= 11 is 0. The van der Waals surface area contributed by atoms with Crippen molar-refractivity contribution in [3.05, 3.63) is 35.4 Å². The molecule has 96 valence electrons. The number of hydrogen-bond donors (Lipinski definition) is 0. The van der Waals surface area contributed by atoms with Gasteiger partial charge in [-0.05, 0) is 25.3 Å². The highest BCUT2D eigenvalue weighted by Gasteiger charge is 2.25. The van der Waals surface area contributed by atoms with Crippen LogP contribution in [-0.2, 0) is 16.1 Å². The van der Waals surface area contributed by atoms with Crippen LogP contribution in [-0.4, -0.2) is 23.4 Å². The van der Waals surface area contributed by atoms with Gasteiger partial charge in [0.2, 0.25) is 5.91 Å². The summed E-state index contributed by atoms with van der Waals surface area (Å²) in [7, 11) is 0. The fourth-order valence-electron chi connectivity index (χ4n) is 2.02. The summed E-state index contributed by atoms with van der Waals surface area (Å²) in [5.41, 5.74) is 2.06. The van der Waals surface area contributed by atoms with Gasteiger partial charge in [0.15, 0.2) is 0 Å². The van der Waals surface area contributed by atoms with Crippen molar-refractivity contribution in [3.63, 3.8) is 0 Å². The number of aryl methyl sites for hydroxylation is 1. The smallest absolute Gasteiger partial charge is 0.416 e. The molecule has 18 heavy (non-hydrogen) atoms. The molecule has 1 saturated heterocycles. The third-order valence-electron chi connectivity index (χ3n) is 2.99. The Bertz CT molecular complexity index is 456. The van der Waals surface area contributed by atoms with E-state index in [0.29, 0.717) is 13.0 Å². The van der Waals surface area contributed by atoms with E-state index in [-0.39, 0.29) is 12.5 Å². The fourth-order valence-corrected chi connectivity index (χ4v) is 2.02. The molecule has 0 radical (unpaired) electrons. The van der Waals surface area contributed by atoms with Crippen LogP contribution in [0.5, 0.6) is 0 Å². The van der Waals surface area contributed by atoms with Crippen LogP contribution in [0.1, 0.15) is 30.4 Å². The quantitative estimate of drug-likeness (QED) is 0.807. The van der Waals surface area contributed by atoms with Gasteiger partial charge in [-0.15, -0.1) is 0 Å². The van der Waals surface area contributed by atoms with Crippen molar-refractivity contribution in [3.8, 4) is 0 Å². The van der Waals surface area contributed by atoms with Crippen LogP contribution in [0, 0.1) is 6.92 Å². The second-order valence-corrected chi connectivity index (χ2v) is 4.55. The van der Waals surface area contributed by atoms with Gasteiger partial charge in [0.1, 0.15) is 6.61 Å². The van der Waals surface area contributed by atoms with Crippen molar-refractivity contribution in [1.82, 2.24) is 4.90 Å². The summed E-state index contributed by atoms with van der Waals surface area (Å²) in [6, 6.07) is 7.77. The lowest BCUT2D eigenvalue weighted by molar-refractivity contribution is -0.131. The molecule has 1 aliphatic heterocycles. The summed E-state index contributed by atoms with van der Waals surface area (Å²) in [6.07, 6.45) is 1.65. The van der Waals surface area contributed by atoms with E-state index in [0.717, 1.165) is 24.0 Å². The Morgan fingerprint density at radius 3 is 2.94 bits per heavy atom. The van der Waals surface area contributed by atoms with Crippen LogP contribution >= 0.6 is 0 Å². The van der Waals surface area contributed by atoms with Crippen LogP contribution < -0.4 is 0 Å². The van der Waals surface area contributed by atoms with Gasteiger partial charge in [-0.1, -0.05) is 29.8 Å². The zero-order valence-corrected chi connectivity index (χ0v) is 10.5. The summed E-state index contributed by atoms with van der Waals surface area (Å²) in [4.78, 5) is 24.5. The molecule has 1 fully saturated rings. The van der Waals surface area contributed by atoms with E-state index >= 15 is 0 Å². The van der Waals surface area contributed by atoms with Gasteiger partial charge < -0.3 is 4.74 Å². The first-order valence-corrected chi connectivity index (χ1v) is 6.19. The maximum absolute atomic E-state index is 11.7. The predicted octanol–water partition coefficient (Wildman–Crippen LogP) is 2.64. The standard InChI is InChI=1S/C14H17NO3/c1-11-5-4-6-12(9-11)10-18-14(17)15-8-3-2-7-13(15)16/h4-6,9H,2-3,7-8,10H2,1H3.